The lowest BCUT2D eigenvalue weighted by Crippen LogP contribution is -2.31. The first kappa shape index (κ1) is 23.2. The summed E-state index contributed by atoms with van der Waals surface area (Å²) < 4.78 is 6.80. The van der Waals surface area contributed by atoms with Gasteiger partial charge in [0.25, 0.3) is 5.91 Å². The molecule has 2 heterocycles. The van der Waals surface area contributed by atoms with Crippen LogP contribution >= 0.6 is 0 Å². The van der Waals surface area contributed by atoms with Crippen LogP contribution in [0.4, 0.5) is 4.79 Å². The smallest absolute Gasteiger partial charge is 0.337 e. The van der Waals surface area contributed by atoms with Crippen molar-refractivity contribution in [1.29, 1.82) is 0 Å². The van der Waals surface area contributed by atoms with E-state index in [4.69, 9.17) is 4.74 Å². The molecule has 0 unspecified atom stereocenters. The fourth-order valence-corrected chi connectivity index (χ4v) is 3.55. The Morgan fingerprint density at radius 1 is 1.12 bits per heavy atom. The third kappa shape index (κ3) is 5.25. The Balaban J connectivity index is 1.88. The second kappa shape index (κ2) is 10.7. The Morgan fingerprint density at radius 3 is 2.50 bits per heavy atom. The van der Waals surface area contributed by atoms with E-state index in [0.29, 0.717) is 18.7 Å². The van der Waals surface area contributed by atoms with Crippen molar-refractivity contribution in [2.45, 2.75) is 52.5 Å². The summed E-state index contributed by atoms with van der Waals surface area (Å²) in [6, 6.07) is 6.83. The molecule has 1 aliphatic rings. The van der Waals surface area contributed by atoms with E-state index < -0.39 is 0 Å². The zero-order valence-electron chi connectivity index (χ0n) is 18.9. The van der Waals surface area contributed by atoms with Gasteiger partial charge in [0.15, 0.2) is 0 Å². The van der Waals surface area contributed by atoms with Gasteiger partial charge in [0.05, 0.1) is 24.6 Å². The predicted octanol–water partition coefficient (Wildman–Crippen LogP) is 3.75. The number of methoxy groups -OCH3 is 1. The summed E-state index contributed by atoms with van der Waals surface area (Å²) in [5.74, 6) is 0.223. The summed E-state index contributed by atoms with van der Waals surface area (Å²) in [5, 5.41) is 2.69. The normalized spacial score (nSPS) is 14.8. The van der Waals surface area contributed by atoms with Crippen molar-refractivity contribution in [3.05, 3.63) is 58.8 Å². The SMILES string of the molecule is CCCCc1ncc(/C=C2/NC(=O)N(CCCC)C2=O)n1Cc1ccc(C(=O)OC)cc1. The van der Waals surface area contributed by atoms with Crippen LogP contribution in [0.1, 0.15) is 67.0 Å². The fraction of sp³-hybridized carbons (Fsp3) is 0.417. The number of imidazole rings is 1. The Bertz CT molecular complexity index is 1010. The molecule has 0 bridgehead atoms. The largest absolute Gasteiger partial charge is 0.465 e. The number of benzene rings is 1. The molecule has 0 spiro atoms. The van der Waals surface area contributed by atoms with Gasteiger partial charge in [-0.2, -0.15) is 0 Å². The van der Waals surface area contributed by atoms with E-state index in [9.17, 15) is 14.4 Å². The molecule has 170 valence electrons. The number of nitrogens with zero attached hydrogens (tertiary/aromatic N) is 3. The van der Waals surface area contributed by atoms with Crippen molar-refractivity contribution in [2.75, 3.05) is 13.7 Å². The molecule has 0 saturated carbocycles. The average molecular weight is 439 g/mol. The molecule has 8 nitrogen and oxygen atoms in total. The van der Waals surface area contributed by atoms with E-state index >= 15 is 0 Å². The average Bonchev–Trinajstić information content (AvgIpc) is 3.30. The highest BCUT2D eigenvalue weighted by Crippen LogP contribution is 2.19. The van der Waals surface area contributed by atoms with Crippen molar-refractivity contribution >= 4 is 24.0 Å². The molecule has 3 rings (SSSR count). The number of aryl methyl sites for hydroxylation is 1. The minimum Gasteiger partial charge on any atom is -0.465 e. The molecule has 0 radical (unpaired) electrons. The van der Waals surface area contributed by atoms with Gasteiger partial charge in [0.2, 0.25) is 0 Å². The third-order valence-electron chi connectivity index (χ3n) is 5.43. The summed E-state index contributed by atoms with van der Waals surface area (Å²) in [6.45, 7) is 5.08. The van der Waals surface area contributed by atoms with Gasteiger partial charge in [-0.15, -0.1) is 0 Å². The molecule has 0 atom stereocenters. The molecule has 3 amide bonds. The number of aromatic nitrogens is 2. The Hall–Kier alpha value is -3.42. The molecule has 1 aromatic carbocycles. The van der Waals surface area contributed by atoms with Crippen LogP contribution in [-0.2, 0) is 22.5 Å². The number of carbonyl (C=O) groups is 3. The van der Waals surface area contributed by atoms with Gasteiger partial charge in [-0.3, -0.25) is 9.69 Å². The van der Waals surface area contributed by atoms with E-state index in [1.807, 2.05) is 23.6 Å². The van der Waals surface area contributed by atoms with Crippen molar-refractivity contribution in [3.63, 3.8) is 0 Å². The van der Waals surface area contributed by atoms with Crippen LogP contribution in [-0.4, -0.2) is 46.0 Å². The van der Waals surface area contributed by atoms with Gasteiger partial charge in [-0.1, -0.05) is 38.8 Å². The first-order valence-electron chi connectivity index (χ1n) is 11.0. The fourth-order valence-electron chi connectivity index (χ4n) is 3.55. The number of nitrogens with one attached hydrogen (secondary N) is 1. The number of rotatable bonds is 10. The van der Waals surface area contributed by atoms with Crippen LogP contribution in [0.15, 0.2) is 36.2 Å². The van der Waals surface area contributed by atoms with Crippen molar-refractivity contribution in [1.82, 2.24) is 19.8 Å². The lowest BCUT2D eigenvalue weighted by atomic mass is 10.1. The molecule has 32 heavy (non-hydrogen) atoms. The topological polar surface area (TPSA) is 93.5 Å². The van der Waals surface area contributed by atoms with Crippen molar-refractivity contribution < 1.29 is 19.1 Å². The Kier molecular flexibility index (Phi) is 7.81. The van der Waals surface area contributed by atoms with Gasteiger partial charge < -0.3 is 14.6 Å². The van der Waals surface area contributed by atoms with Crippen molar-refractivity contribution in [2.24, 2.45) is 0 Å². The first-order chi connectivity index (χ1) is 15.5. The zero-order valence-corrected chi connectivity index (χ0v) is 18.9. The van der Waals surface area contributed by atoms with Gasteiger partial charge in [-0.05, 0) is 36.6 Å². The number of amides is 3. The van der Waals surface area contributed by atoms with Crippen LogP contribution < -0.4 is 5.32 Å². The maximum atomic E-state index is 12.7. The van der Waals surface area contributed by atoms with Gasteiger partial charge in [-0.25, -0.2) is 14.6 Å². The molecular weight excluding hydrogens is 408 g/mol. The highest BCUT2D eigenvalue weighted by molar-refractivity contribution is 6.13. The van der Waals surface area contributed by atoms with E-state index in [2.05, 4.69) is 17.2 Å². The number of hydrogen-bond acceptors (Lipinski definition) is 5. The number of unbranched alkanes of at least 4 members (excludes halogenated alkanes) is 2. The maximum Gasteiger partial charge on any atom is 0.337 e. The third-order valence-corrected chi connectivity index (χ3v) is 5.43. The second-order valence-corrected chi connectivity index (χ2v) is 7.78. The predicted molar refractivity (Wildman–Crippen MR) is 121 cm³/mol. The zero-order chi connectivity index (χ0) is 23.1. The molecule has 2 aromatic rings. The van der Waals surface area contributed by atoms with E-state index in [-0.39, 0.29) is 23.6 Å². The maximum absolute atomic E-state index is 12.7. The number of carbonyl (C=O) groups excluding carboxylic acids is 3. The van der Waals surface area contributed by atoms with Crippen LogP contribution in [0.2, 0.25) is 0 Å². The van der Waals surface area contributed by atoms with E-state index in [1.165, 1.54) is 12.0 Å². The van der Waals surface area contributed by atoms with Crippen LogP contribution in [0.3, 0.4) is 0 Å². The molecule has 1 aliphatic heterocycles. The molecule has 1 N–H and O–H groups in total. The molecule has 1 saturated heterocycles. The Morgan fingerprint density at radius 2 is 1.84 bits per heavy atom. The van der Waals surface area contributed by atoms with Gasteiger partial charge >= 0.3 is 12.0 Å². The second-order valence-electron chi connectivity index (χ2n) is 7.78. The van der Waals surface area contributed by atoms with E-state index in [0.717, 1.165) is 49.2 Å². The summed E-state index contributed by atoms with van der Waals surface area (Å²) in [6.07, 6.45) is 7.94. The first-order valence-corrected chi connectivity index (χ1v) is 11.0. The summed E-state index contributed by atoms with van der Waals surface area (Å²) in [7, 11) is 1.36. The molecule has 8 heteroatoms. The lowest BCUT2D eigenvalue weighted by Gasteiger charge is -2.12. The number of imide groups is 1. The number of urea groups is 1. The lowest BCUT2D eigenvalue weighted by molar-refractivity contribution is -0.122. The molecule has 0 aliphatic carbocycles. The number of ether oxygens (including phenoxy) is 1. The van der Waals surface area contributed by atoms with Crippen molar-refractivity contribution in [3.8, 4) is 0 Å². The molecule has 1 aromatic heterocycles. The summed E-state index contributed by atoms with van der Waals surface area (Å²) in [5.41, 5.74) is 2.48. The van der Waals surface area contributed by atoms with Crippen LogP contribution in [0.25, 0.3) is 6.08 Å². The van der Waals surface area contributed by atoms with Gasteiger partial charge in [0.1, 0.15) is 11.5 Å². The summed E-state index contributed by atoms with van der Waals surface area (Å²) >= 11 is 0. The minimum absolute atomic E-state index is 0.260. The van der Waals surface area contributed by atoms with Gasteiger partial charge in [0, 0.05) is 19.5 Å². The summed E-state index contributed by atoms with van der Waals surface area (Å²) in [4.78, 5) is 42.4. The standard InChI is InChI=1S/C24H30N4O4/c1-4-6-8-21-25-15-19(14-20-22(29)27(13-7-5-2)24(31)26-20)28(21)16-17-9-11-18(12-10-17)23(30)32-3/h9-12,14-15H,4-8,13,16H2,1-3H3,(H,26,31)/b20-14+. The highest BCUT2D eigenvalue weighted by atomic mass is 16.5. The number of esters is 1. The minimum atomic E-state index is -0.384. The monoisotopic (exact) mass is 438 g/mol. The molecular formula is C24H30N4O4. The molecule has 1 fully saturated rings. The van der Waals surface area contributed by atoms with Crippen LogP contribution in [0, 0.1) is 0 Å². The Labute approximate surface area is 188 Å². The number of hydrogen-bond donors (Lipinski definition) is 1. The highest BCUT2D eigenvalue weighted by Gasteiger charge is 2.33. The van der Waals surface area contributed by atoms with Crippen LogP contribution in [0.5, 0.6) is 0 Å². The van der Waals surface area contributed by atoms with E-state index in [1.54, 1.807) is 24.4 Å². The quantitative estimate of drug-likeness (QED) is 0.346.